The minimum Gasteiger partial charge on any atom is -0.391 e. The van der Waals surface area contributed by atoms with Crippen LogP contribution in [0.3, 0.4) is 0 Å². The fourth-order valence-corrected chi connectivity index (χ4v) is 3.81. The SMILES string of the molecule is C[C@]12C=C[C@H](O1)[C@@H]1CC[C@@]2(Br)C1O. The fraction of sp³-hybridized carbons (Fsp3) is 0.800. The van der Waals surface area contributed by atoms with Gasteiger partial charge in [-0.1, -0.05) is 28.1 Å². The molecule has 1 N–H and O–H groups in total. The van der Waals surface area contributed by atoms with Crippen molar-refractivity contribution in [1.82, 2.24) is 0 Å². The Bertz CT molecular complexity index is 291. The van der Waals surface area contributed by atoms with Crippen LogP contribution in [0.5, 0.6) is 0 Å². The molecule has 0 aromatic carbocycles. The summed E-state index contributed by atoms with van der Waals surface area (Å²) >= 11 is 3.69. The first-order chi connectivity index (χ1) is 6.07. The molecular formula is C10H13BrO2. The molecule has 4 bridgehead atoms. The Hall–Kier alpha value is 0.140. The smallest absolute Gasteiger partial charge is 0.102 e. The summed E-state index contributed by atoms with van der Waals surface area (Å²) in [5, 5.41) is 10.1. The number of hydrogen-bond acceptors (Lipinski definition) is 2. The van der Waals surface area contributed by atoms with Crippen molar-refractivity contribution < 1.29 is 9.84 Å². The molecule has 0 spiro atoms. The van der Waals surface area contributed by atoms with Gasteiger partial charge in [0.25, 0.3) is 0 Å². The Morgan fingerprint density at radius 3 is 3.15 bits per heavy atom. The normalized spacial score (nSPS) is 63.2. The molecule has 0 radical (unpaired) electrons. The van der Waals surface area contributed by atoms with Gasteiger partial charge < -0.3 is 9.84 Å². The average Bonchev–Trinajstić information content (AvgIpc) is 2.54. The molecule has 3 aliphatic rings. The second-order valence-electron chi connectivity index (χ2n) is 4.56. The molecule has 1 unspecified atom stereocenters. The summed E-state index contributed by atoms with van der Waals surface area (Å²) in [7, 11) is 0. The second kappa shape index (κ2) is 2.20. The van der Waals surface area contributed by atoms with Gasteiger partial charge in [0.2, 0.25) is 0 Å². The van der Waals surface area contributed by atoms with E-state index in [-0.39, 0.29) is 22.1 Å². The average molecular weight is 245 g/mol. The zero-order valence-electron chi connectivity index (χ0n) is 7.53. The highest BCUT2D eigenvalue weighted by molar-refractivity contribution is 9.10. The minimum absolute atomic E-state index is 0.146. The molecule has 3 rings (SSSR count). The predicted molar refractivity (Wildman–Crippen MR) is 52.8 cm³/mol. The molecule has 1 aliphatic carbocycles. The summed E-state index contributed by atoms with van der Waals surface area (Å²) < 4.78 is 5.69. The molecular weight excluding hydrogens is 232 g/mol. The molecule has 2 aliphatic heterocycles. The first kappa shape index (κ1) is 8.45. The lowest BCUT2D eigenvalue weighted by molar-refractivity contribution is -0.129. The van der Waals surface area contributed by atoms with E-state index in [4.69, 9.17) is 4.74 Å². The lowest BCUT2D eigenvalue weighted by atomic mass is 9.84. The Balaban J connectivity index is 2.14. The first-order valence-electron chi connectivity index (χ1n) is 4.81. The fourth-order valence-electron chi connectivity index (χ4n) is 3.01. The van der Waals surface area contributed by atoms with E-state index in [0.717, 1.165) is 12.8 Å². The van der Waals surface area contributed by atoms with Gasteiger partial charge in [-0.25, -0.2) is 0 Å². The summed E-state index contributed by atoms with van der Waals surface area (Å²) in [6.45, 7) is 2.06. The van der Waals surface area contributed by atoms with Crippen molar-refractivity contribution in [3.63, 3.8) is 0 Å². The van der Waals surface area contributed by atoms with Crippen molar-refractivity contribution in [2.24, 2.45) is 5.92 Å². The lowest BCUT2D eigenvalue weighted by Gasteiger charge is -2.46. The van der Waals surface area contributed by atoms with Crippen LogP contribution in [0.1, 0.15) is 19.8 Å². The summed E-state index contributed by atoms with van der Waals surface area (Å²) in [5.41, 5.74) is -0.302. The molecule has 1 saturated heterocycles. The van der Waals surface area contributed by atoms with E-state index in [1.165, 1.54) is 0 Å². The highest BCUT2D eigenvalue weighted by Gasteiger charge is 2.65. The van der Waals surface area contributed by atoms with Gasteiger partial charge in [-0.2, -0.15) is 0 Å². The van der Waals surface area contributed by atoms with Crippen LogP contribution in [-0.4, -0.2) is 27.2 Å². The Morgan fingerprint density at radius 1 is 1.62 bits per heavy atom. The van der Waals surface area contributed by atoms with Gasteiger partial charge in [-0.05, 0) is 19.8 Å². The topological polar surface area (TPSA) is 29.5 Å². The number of aliphatic hydroxyl groups is 1. The summed E-state index contributed by atoms with van der Waals surface area (Å²) in [6.07, 6.45) is 6.18. The third-order valence-electron chi connectivity index (χ3n) is 3.95. The van der Waals surface area contributed by atoms with E-state index in [1.807, 2.05) is 0 Å². The highest BCUT2D eigenvalue weighted by Crippen LogP contribution is 2.58. The molecule has 2 nitrogen and oxygen atoms in total. The molecule has 1 saturated carbocycles. The van der Waals surface area contributed by atoms with Crippen molar-refractivity contribution >= 4 is 15.9 Å². The van der Waals surface area contributed by atoms with Gasteiger partial charge in [0, 0.05) is 5.92 Å². The Labute approximate surface area is 86.1 Å². The number of aliphatic hydroxyl groups excluding tert-OH is 1. The number of fused-ring (bicyclic) bond motifs is 6. The summed E-state index contributed by atoms with van der Waals surface area (Å²) in [5.74, 6) is 0.297. The van der Waals surface area contributed by atoms with Crippen molar-refractivity contribution in [3.8, 4) is 0 Å². The van der Waals surface area contributed by atoms with Gasteiger partial charge >= 0.3 is 0 Å². The number of alkyl halides is 1. The maximum absolute atomic E-state index is 10.1. The molecule has 0 amide bonds. The number of ether oxygens (including phenoxy) is 1. The molecule has 3 heteroatoms. The Morgan fingerprint density at radius 2 is 2.38 bits per heavy atom. The van der Waals surface area contributed by atoms with E-state index >= 15 is 0 Å². The van der Waals surface area contributed by atoms with Crippen LogP contribution < -0.4 is 0 Å². The van der Waals surface area contributed by atoms with Crippen LogP contribution in [0.4, 0.5) is 0 Å². The quantitative estimate of drug-likeness (QED) is 0.519. The molecule has 2 fully saturated rings. The largest absolute Gasteiger partial charge is 0.391 e. The van der Waals surface area contributed by atoms with Crippen molar-refractivity contribution in [2.75, 3.05) is 0 Å². The van der Waals surface area contributed by atoms with Gasteiger partial charge in [0.15, 0.2) is 0 Å². The number of rotatable bonds is 0. The van der Waals surface area contributed by atoms with Crippen LogP contribution in [0.2, 0.25) is 0 Å². The van der Waals surface area contributed by atoms with Crippen LogP contribution in [0.25, 0.3) is 0 Å². The zero-order chi connectivity index (χ0) is 9.27. The molecule has 0 aromatic heterocycles. The third kappa shape index (κ3) is 0.775. The molecule has 2 heterocycles. The van der Waals surface area contributed by atoms with Crippen molar-refractivity contribution in [2.45, 2.75) is 41.9 Å². The highest BCUT2D eigenvalue weighted by atomic mass is 79.9. The maximum Gasteiger partial charge on any atom is 0.102 e. The van der Waals surface area contributed by atoms with Gasteiger partial charge in [0.1, 0.15) is 5.60 Å². The minimum atomic E-state index is -0.302. The molecule has 0 aromatic rings. The molecule has 5 atom stereocenters. The van der Waals surface area contributed by atoms with Gasteiger partial charge in [-0.3, -0.25) is 0 Å². The van der Waals surface area contributed by atoms with Crippen LogP contribution in [0.15, 0.2) is 12.2 Å². The molecule has 72 valence electrons. The van der Waals surface area contributed by atoms with Crippen LogP contribution in [-0.2, 0) is 4.74 Å². The maximum atomic E-state index is 10.1. The van der Waals surface area contributed by atoms with Gasteiger partial charge in [-0.15, -0.1) is 0 Å². The standard InChI is InChI=1S/C10H13BrO2/c1-9-4-3-7(13-9)6-2-5-10(9,11)8(6)12/h3-4,6-8,12H,2,5H2,1H3/t6-,7-,8?,9+,10+/m0/s1. The number of hydrogen-bond donors (Lipinski definition) is 1. The van der Waals surface area contributed by atoms with Crippen molar-refractivity contribution in [3.05, 3.63) is 12.2 Å². The zero-order valence-corrected chi connectivity index (χ0v) is 9.12. The van der Waals surface area contributed by atoms with E-state index in [0.29, 0.717) is 5.92 Å². The van der Waals surface area contributed by atoms with E-state index in [1.54, 1.807) is 0 Å². The number of halogens is 1. The predicted octanol–water partition coefficient (Wildman–Crippen LogP) is 1.62. The molecule has 13 heavy (non-hydrogen) atoms. The first-order valence-corrected chi connectivity index (χ1v) is 5.60. The third-order valence-corrected chi connectivity index (χ3v) is 5.60. The van der Waals surface area contributed by atoms with E-state index in [9.17, 15) is 5.11 Å². The van der Waals surface area contributed by atoms with Crippen LogP contribution >= 0.6 is 15.9 Å². The van der Waals surface area contributed by atoms with E-state index < -0.39 is 0 Å². The van der Waals surface area contributed by atoms with Crippen molar-refractivity contribution in [1.29, 1.82) is 0 Å². The summed E-state index contributed by atoms with van der Waals surface area (Å²) in [6, 6.07) is 0. The second-order valence-corrected chi connectivity index (χ2v) is 5.97. The Kier molecular flexibility index (Phi) is 1.43. The van der Waals surface area contributed by atoms with E-state index in [2.05, 4.69) is 35.0 Å². The van der Waals surface area contributed by atoms with Gasteiger partial charge in [0.05, 0.1) is 16.5 Å². The lowest BCUT2D eigenvalue weighted by Crippen LogP contribution is -2.58. The monoisotopic (exact) mass is 244 g/mol. The summed E-state index contributed by atoms with van der Waals surface area (Å²) in [4.78, 5) is 0. The van der Waals surface area contributed by atoms with Crippen LogP contribution in [0, 0.1) is 5.92 Å².